The van der Waals surface area contributed by atoms with Crippen molar-refractivity contribution < 1.29 is 24.5 Å². The summed E-state index contributed by atoms with van der Waals surface area (Å²) >= 11 is 0. The van der Waals surface area contributed by atoms with Crippen LogP contribution < -0.4 is 0 Å². The van der Waals surface area contributed by atoms with Crippen LogP contribution in [0.2, 0.25) is 0 Å². The summed E-state index contributed by atoms with van der Waals surface area (Å²) in [5.74, 6) is -2.31. The third kappa shape index (κ3) is 3.94. The van der Waals surface area contributed by atoms with Gasteiger partial charge in [-0.05, 0) is 26.2 Å². The Balaban J connectivity index is 0.00000200. The molecule has 2 fully saturated rings. The molecular weight excluding hydrogens is 286 g/mol. The lowest BCUT2D eigenvalue weighted by atomic mass is 10.1. The maximum atomic E-state index is 11.1. The molecule has 7 heteroatoms. The number of fused-ring (bicyclic) bond motifs is 2. The van der Waals surface area contributed by atoms with E-state index in [1.54, 1.807) is 0 Å². The van der Waals surface area contributed by atoms with Gasteiger partial charge in [-0.1, -0.05) is 0 Å². The molecule has 2 bridgehead atoms. The summed E-state index contributed by atoms with van der Waals surface area (Å²) in [5, 5.41) is 18.0. The zero-order valence-corrected chi connectivity index (χ0v) is 12.2. The second-order valence-electron chi connectivity index (χ2n) is 5.18. The lowest BCUT2D eigenvalue weighted by Gasteiger charge is -2.32. The van der Waals surface area contributed by atoms with Gasteiger partial charge in [0, 0.05) is 30.8 Å². The van der Waals surface area contributed by atoms with Gasteiger partial charge in [-0.3, -0.25) is 4.90 Å². The minimum Gasteiger partial charge on any atom is -0.478 e. The molecule has 2 saturated heterocycles. The average molecular weight is 306 g/mol. The number of carboxylic acid groups (broad SMARTS) is 2. The molecular formula is C13H20ClNO5. The monoisotopic (exact) mass is 305 g/mol. The standard InChI is InChI=1S/C13H19NO5.ClH/c1-8(12(15)16)11(13(17)18)4-5-14-6-9-2-3-10(7-14)19-9;/h9-10H,2-7H2,1H3,(H,15,16)(H,17,18);1H/b11-8+;. The maximum Gasteiger partial charge on any atom is 0.332 e. The van der Waals surface area contributed by atoms with Gasteiger partial charge >= 0.3 is 11.9 Å². The Hall–Kier alpha value is -1.11. The van der Waals surface area contributed by atoms with E-state index in [0.29, 0.717) is 6.54 Å². The number of hydrogen-bond acceptors (Lipinski definition) is 4. The SMILES string of the molecule is C/C(C(=O)O)=C(/CCN1CC2CCC(C1)O2)C(=O)O.Cl. The molecule has 0 aliphatic carbocycles. The average Bonchev–Trinajstić information content (AvgIpc) is 2.68. The van der Waals surface area contributed by atoms with E-state index in [4.69, 9.17) is 14.9 Å². The lowest BCUT2D eigenvalue weighted by molar-refractivity contribution is -0.136. The highest BCUT2D eigenvalue weighted by molar-refractivity contribution is 5.98. The summed E-state index contributed by atoms with van der Waals surface area (Å²) in [6, 6.07) is 0. The molecule has 0 aromatic heterocycles. The third-order valence-electron chi connectivity index (χ3n) is 3.83. The van der Waals surface area contributed by atoms with Crippen molar-refractivity contribution in [2.24, 2.45) is 0 Å². The highest BCUT2D eigenvalue weighted by atomic mass is 35.5. The van der Waals surface area contributed by atoms with E-state index in [1.807, 2.05) is 0 Å². The van der Waals surface area contributed by atoms with Crippen LogP contribution in [-0.2, 0) is 14.3 Å². The van der Waals surface area contributed by atoms with Crippen molar-refractivity contribution in [3.8, 4) is 0 Å². The van der Waals surface area contributed by atoms with E-state index in [0.717, 1.165) is 25.9 Å². The zero-order chi connectivity index (χ0) is 14.0. The summed E-state index contributed by atoms with van der Waals surface area (Å²) in [6.07, 6.45) is 2.91. The fourth-order valence-corrected chi connectivity index (χ4v) is 2.74. The van der Waals surface area contributed by atoms with Crippen molar-refractivity contribution in [3.63, 3.8) is 0 Å². The molecule has 2 rings (SSSR count). The number of hydrogen-bond donors (Lipinski definition) is 2. The first-order chi connectivity index (χ1) is 8.97. The van der Waals surface area contributed by atoms with Gasteiger partial charge in [-0.15, -0.1) is 12.4 Å². The lowest BCUT2D eigenvalue weighted by Crippen LogP contribution is -2.43. The van der Waals surface area contributed by atoms with E-state index < -0.39 is 11.9 Å². The molecule has 20 heavy (non-hydrogen) atoms. The van der Waals surface area contributed by atoms with Gasteiger partial charge in [0.1, 0.15) is 0 Å². The van der Waals surface area contributed by atoms with Crippen LogP contribution in [0.15, 0.2) is 11.1 Å². The van der Waals surface area contributed by atoms with Crippen LogP contribution in [0.25, 0.3) is 0 Å². The van der Waals surface area contributed by atoms with Crippen molar-refractivity contribution in [1.82, 2.24) is 4.90 Å². The molecule has 0 radical (unpaired) electrons. The van der Waals surface area contributed by atoms with E-state index >= 15 is 0 Å². The number of aliphatic carboxylic acids is 2. The summed E-state index contributed by atoms with van der Waals surface area (Å²) in [4.78, 5) is 24.1. The molecule has 2 heterocycles. The van der Waals surface area contributed by atoms with Crippen LogP contribution in [-0.4, -0.2) is 58.9 Å². The van der Waals surface area contributed by atoms with Gasteiger partial charge in [0.25, 0.3) is 0 Å². The van der Waals surface area contributed by atoms with Crippen LogP contribution in [0.1, 0.15) is 26.2 Å². The van der Waals surface area contributed by atoms with E-state index in [-0.39, 0.29) is 42.2 Å². The van der Waals surface area contributed by atoms with Gasteiger partial charge in [-0.2, -0.15) is 0 Å². The topological polar surface area (TPSA) is 87.1 Å². The van der Waals surface area contributed by atoms with Crippen molar-refractivity contribution in [1.29, 1.82) is 0 Å². The molecule has 2 aliphatic heterocycles. The Labute approximate surface area is 123 Å². The molecule has 114 valence electrons. The quantitative estimate of drug-likeness (QED) is 0.741. The van der Waals surface area contributed by atoms with Gasteiger partial charge in [0.05, 0.1) is 12.2 Å². The van der Waals surface area contributed by atoms with E-state index in [2.05, 4.69) is 4.90 Å². The number of carboxylic acids is 2. The Morgan fingerprint density at radius 2 is 1.70 bits per heavy atom. The fourth-order valence-electron chi connectivity index (χ4n) is 2.74. The minimum atomic E-state index is -1.17. The molecule has 2 atom stereocenters. The molecule has 2 aliphatic rings. The van der Waals surface area contributed by atoms with Crippen molar-refractivity contribution in [2.45, 2.75) is 38.4 Å². The Kier molecular flexibility index (Phi) is 5.98. The Morgan fingerprint density at radius 3 is 2.15 bits per heavy atom. The fraction of sp³-hybridized carbons (Fsp3) is 0.692. The van der Waals surface area contributed by atoms with Gasteiger partial charge in [0.2, 0.25) is 0 Å². The van der Waals surface area contributed by atoms with E-state index in [1.165, 1.54) is 6.92 Å². The highest BCUT2D eigenvalue weighted by Crippen LogP contribution is 2.26. The number of ether oxygens (including phenoxy) is 1. The zero-order valence-electron chi connectivity index (χ0n) is 11.4. The van der Waals surface area contributed by atoms with Crippen LogP contribution >= 0.6 is 12.4 Å². The van der Waals surface area contributed by atoms with Crippen molar-refractivity contribution in [2.75, 3.05) is 19.6 Å². The third-order valence-corrected chi connectivity index (χ3v) is 3.83. The molecule has 2 unspecified atom stereocenters. The smallest absolute Gasteiger partial charge is 0.332 e. The van der Waals surface area contributed by atoms with Gasteiger partial charge < -0.3 is 14.9 Å². The molecule has 6 nitrogen and oxygen atoms in total. The second-order valence-corrected chi connectivity index (χ2v) is 5.18. The number of carbonyl (C=O) groups is 2. The first-order valence-electron chi connectivity index (χ1n) is 6.51. The largest absolute Gasteiger partial charge is 0.478 e. The number of halogens is 1. The number of rotatable bonds is 5. The molecule has 0 saturated carbocycles. The van der Waals surface area contributed by atoms with Crippen LogP contribution in [0, 0.1) is 0 Å². The normalized spacial score (nSPS) is 26.6. The van der Waals surface area contributed by atoms with Crippen molar-refractivity contribution in [3.05, 3.63) is 11.1 Å². The Bertz CT molecular complexity index is 411. The van der Waals surface area contributed by atoms with Crippen LogP contribution in [0.4, 0.5) is 0 Å². The summed E-state index contributed by atoms with van der Waals surface area (Å²) in [7, 11) is 0. The minimum absolute atomic E-state index is 0. The summed E-state index contributed by atoms with van der Waals surface area (Å²) in [6.45, 7) is 3.54. The predicted octanol–water partition coefficient (Wildman–Crippen LogP) is 1.15. The van der Waals surface area contributed by atoms with E-state index in [9.17, 15) is 9.59 Å². The molecule has 0 amide bonds. The number of morpholine rings is 1. The van der Waals surface area contributed by atoms with Crippen LogP contribution in [0.3, 0.4) is 0 Å². The number of likely N-dealkylation sites (tertiary alicyclic amines) is 1. The molecule has 0 aromatic rings. The molecule has 0 aromatic carbocycles. The number of nitrogens with zero attached hydrogens (tertiary/aromatic N) is 1. The maximum absolute atomic E-state index is 11.1. The predicted molar refractivity (Wildman–Crippen MR) is 74.2 cm³/mol. The first kappa shape index (κ1) is 16.9. The van der Waals surface area contributed by atoms with Gasteiger partial charge in [0.15, 0.2) is 0 Å². The van der Waals surface area contributed by atoms with Gasteiger partial charge in [-0.25, -0.2) is 9.59 Å². The summed E-state index contributed by atoms with van der Waals surface area (Å²) in [5.41, 5.74) is -0.0879. The highest BCUT2D eigenvalue weighted by Gasteiger charge is 2.33. The van der Waals surface area contributed by atoms with Crippen LogP contribution in [0.5, 0.6) is 0 Å². The summed E-state index contributed by atoms with van der Waals surface area (Å²) < 4.78 is 5.70. The molecule has 0 spiro atoms. The van der Waals surface area contributed by atoms with Crippen molar-refractivity contribution >= 4 is 24.3 Å². The second kappa shape index (κ2) is 7.06. The molecule has 2 N–H and O–H groups in total. The first-order valence-corrected chi connectivity index (χ1v) is 6.51. The Morgan fingerprint density at radius 1 is 1.15 bits per heavy atom.